The first-order valence-corrected chi connectivity index (χ1v) is 4.69. The minimum absolute atomic E-state index is 0.198. The lowest BCUT2D eigenvalue weighted by Gasteiger charge is -2.34. The highest BCUT2D eigenvalue weighted by Crippen LogP contribution is 2.27. The van der Waals surface area contributed by atoms with Crippen LogP contribution in [0.4, 0.5) is 0 Å². The van der Waals surface area contributed by atoms with Gasteiger partial charge in [-0.15, -0.1) is 0 Å². The number of ether oxygens (including phenoxy) is 1. The predicted molar refractivity (Wildman–Crippen MR) is 50.3 cm³/mol. The quantitative estimate of drug-likeness (QED) is 0.609. The Hall–Kier alpha value is -0.830. The van der Waals surface area contributed by atoms with Crippen LogP contribution >= 0.6 is 0 Å². The van der Waals surface area contributed by atoms with E-state index in [1.54, 1.807) is 0 Å². The predicted octanol–water partition coefficient (Wildman–Crippen LogP) is 1.83. The highest BCUT2D eigenvalue weighted by molar-refractivity contribution is 5.01. The first-order valence-electron chi connectivity index (χ1n) is 4.69. The van der Waals surface area contributed by atoms with E-state index >= 15 is 0 Å². The molecule has 1 aliphatic rings. The molecule has 0 N–H and O–H groups in total. The van der Waals surface area contributed by atoms with Gasteiger partial charge in [-0.05, 0) is 11.5 Å². The molecule has 13 heavy (non-hydrogen) atoms. The van der Waals surface area contributed by atoms with Gasteiger partial charge >= 0.3 is 0 Å². The molecule has 2 heterocycles. The topological polar surface area (TPSA) is 27.1 Å². The van der Waals surface area contributed by atoms with Gasteiger partial charge in [0.05, 0.1) is 24.9 Å². The number of aromatic nitrogens is 2. The molecule has 0 saturated heterocycles. The molecule has 0 amide bonds. The van der Waals surface area contributed by atoms with Crippen LogP contribution in [0, 0.1) is 5.41 Å². The van der Waals surface area contributed by atoms with Crippen LogP contribution in [0.3, 0.4) is 0 Å². The Morgan fingerprint density at radius 2 is 2.31 bits per heavy atom. The molecule has 0 saturated carbocycles. The number of nitrogens with zero attached hydrogens (tertiary/aromatic N) is 2. The Morgan fingerprint density at radius 3 is 3.00 bits per heavy atom. The summed E-state index contributed by atoms with van der Waals surface area (Å²) in [5.74, 6) is 0. The average molecular weight is 180 g/mol. The minimum atomic E-state index is 0.198. The zero-order valence-electron chi connectivity index (χ0n) is 8.45. The maximum Gasteiger partial charge on any atom is 0.0889 e. The lowest BCUT2D eigenvalue weighted by atomic mass is 9.88. The van der Waals surface area contributed by atoms with E-state index in [9.17, 15) is 0 Å². The largest absolute Gasteiger partial charge is 0.369 e. The number of hydrogen-bond donors (Lipinski definition) is 0. The summed E-state index contributed by atoms with van der Waals surface area (Å²) >= 11 is 0. The van der Waals surface area contributed by atoms with Gasteiger partial charge in [0.25, 0.3) is 0 Å². The number of fused-ring (bicyclic) bond motifs is 1. The van der Waals surface area contributed by atoms with E-state index in [0.29, 0.717) is 6.61 Å². The van der Waals surface area contributed by atoms with Crippen LogP contribution in [0.15, 0.2) is 12.3 Å². The van der Waals surface area contributed by atoms with Gasteiger partial charge in [0.2, 0.25) is 0 Å². The average Bonchev–Trinajstić information content (AvgIpc) is 2.47. The first kappa shape index (κ1) is 8.75. The molecular weight excluding hydrogens is 164 g/mol. The van der Waals surface area contributed by atoms with Crippen molar-refractivity contribution in [2.24, 2.45) is 5.41 Å². The van der Waals surface area contributed by atoms with Crippen LogP contribution in [-0.2, 0) is 17.9 Å². The Balaban J connectivity index is 2.18. The van der Waals surface area contributed by atoms with Crippen molar-refractivity contribution in [3.8, 4) is 0 Å². The van der Waals surface area contributed by atoms with Gasteiger partial charge in [0.1, 0.15) is 0 Å². The lowest BCUT2D eigenvalue weighted by molar-refractivity contribution is -0.0607. The van der Waals surface area contributed by atoms with E-state index in [1.165, 1.54) is 5.69 Å². The van der Waals surface area contributed by atoms with Crippen molar-refractivity contribution in [2.45, 2.75) is 40.0 Å². The molecule has 0 aliphatic carbocycles. The summed E-state index contributed by atoms with van der Waals surface area (Å²) < 4.78 is 7.81. The number of rotatable bonds is 0. The molecule has 2 rings (SSSR count). The van der Waals surface area contributed by atoms with Crippen molar-refractivity contribution in [2.75, 3.05) is 0 Å². The molecule has 0 aromatic carbocycles. The zero-order chi connectivity index (χ0) is 9.47. The fraction of sp³-hybridized carbons (Fsp3) is 0.700. The van der Waals surface area contributed by atoms with Gasteiger partial charge in [0, 0.05) is 6.20 Å². The summed E-state index contributed by atoms with van der Waals surface area (Å²) in [6.07, 6.45) is 2.11. The van der Waals surface area contributed by atoms with E-state index in [2.05, 4.69) is 25.9 Å². The summed E-state index contributed by atoms with van der Waals surface area (Å²) in [4.78, 5) is 0. The molecule has 0 fully saturated rings. The van der Waals surface area contributed by atoms with Crippen LogP contribution in [-0.4, -0.2) is 15.9 Å². The van der Waals surface area contributed by atoms with Crippen LogP contribution in [0.25, 0.3) is 0 Å². The van der Waals surface area contributed by atoms with Crippen molar-refractivity contribution >= 4 is 0 Å². The molecule has 1 unspecified atom stereocenters. The molecule has 3 nitrogen and oxygen atoms in total. The second-order valence-corrected chi connectivity index (χ2v) is 4.67. The molecule has 0 spiro atoms. The van der Waals surface area contributed by atoms with E-state index in [1.807, 2.05) is 16.9 Å². The first-order chi connectivity index (χ1) is 6.07. The third-order valence-corrected chi connectivity index (χ3v) is 2.54. The van der Waals surface area contributed by atoms with Crippen molar-refractivity contribution in [3.05, 3.63) is 18.0 Å². The molecule has 1 aromatic rings. The second-order valence-electron chi connectivity index (χ2n) is 4.67. The number of hydrogen-bond acceptors (Lipinski definition) is 2. The summed E-state index contributed by atoms with van der Waals surface area (Å²) in [5.41, 5.74) is 1.38. The molecule has 72 valence electrons. The second kappa shape index (κ2) is 2.84. The van der Waals surface area contributed by atoms with E-state index in [0.717, 1.165) is 6.54 Å². The van der Waals surface area contributed by atoms with Crippen molar-refractivity contribution in [3.63, 3.8) is 0 Å². The van der Waals surface area contributed by atoms with Gasteiger partial charge in [-0.2, -0.15) is 5.10 Å². The lowest BCUT2D eigenvalue weighted by Crippen LogP contribution is -2.37. The molecular formula is C10H16N2O. The monoisotopic (exact) mass is 180 g/mol. The molecule has 1 aromatic heterocycles. The maximum atomic E-state index is 5.77. The molecule has 0 bridgehead atoms. The van der Waals surface area contributed by atoms with Gasteiger partial charge in [-0.3, -0.25) is 4.68 Å². The third kappa shape index (κ3) is 1.61. The molecule has 1 aliphatic heterocycles. The molecule has 1 atom stereocenters. The van der Waals surface area contributed by atoms with E-state index in [4.69, 9.17) is 4.74 Å². The van der Waals surface area contributed by atoms with Gasteiger partial charge in [0.15, 0.2) is 0 Å². The van der Waals surface area contributed by atoms with Crippen molar-refractivity contribution in [1.82, 2.24) is 9.78 Å². The van der Waals surface area contributed by atoms with E-state index in [-0.39, 0.29) is 11.5 Å². The summed E-state index contributed by atoms with van der Waals surface area (Å²) in [6, 6.07) is 2.01. The fourth-order valence-electron chi connectivity index (χ4n) is 1.57. The van der Waals surface area contributed by atoms with Gasteiger partial charge in [-0.1, -0.05) is 20.8 Å². The fourth-order valence-corrected chi connectivity index (χ4v) is 1.57. The van der Waals surface area contributed by atoms with E-state index < -0.39 is 0 Å². The van der Waals surface area contributed by atoms with Crippen LogP contribution in [0.1, 0.15) is 26.5 Å². The van der Waals surface area contributed by atoms with Crippen molar-refractivity contribution in [1.29, 1.82) is 0 Å². The van der Waals surface area contributed by atoms with Gasteiger partial charge in [-0.25, -0.2) is 0 Å². The summed E-state index contributed by atoms with van der Waals surface area (Å²) in [5, 5.41) is 4.26. The molecule has 0 radical (unpaired) electrons. The minimum Gasteiger partial charge on any atom is -0.369 e. The van der Waals surface area contributed by atoms with Gasteiger partial charge < -0.3 is 4.74 Å². The third-order valence-electron chi connectivity index (χ3n) is 2.54. The molecule has 3 heteroatoms. The standard InChI is InChI=1S/C10H16N2O/c1-10(2,3)9-6-12-8(7-13-9)4-5-11-12/h4-5,9H,6-7H2,1-3H3. The van der Waals surface area contributed by atoms with Crippen molar-refractivity contribution < 1.29 is 4.74 Å². The summed E-state index contributed by atoms with van der Waals surface area (Å²) in [6.45, 7) is 8.18. The highest BCUT2D eigenvalue weighted by atomic mass is 16.5. The Bertz CT molecular complexity index is 298. The van der Waals surface area contributed by atoms with Crippen LogP contribution in [0.5, 0.6) is 0 Å². The van der Waals surface area contributed by atoms with Crippen LogP contribution in [0.2, 0.25) is 0 Å². The Kier molecular flexibility index (Phi) is 1.91. The SMILES string of the molecule is CC(C)(C)C1Cn2nccc2CO1. The normalized spacial score (nSPS) is 22.8. The zero-order valence-corrected chi connectivity index (χ0v) is 8.45. The Morgan fingerprint density at radius 1 is 1.54 bits per heavy atom. The Labute approximate surface area is 78.7 Å². The smallest absolute Gasteiger partial charge is 0.0889 e. The highest BCUT2D eigenvalue weighted by Gasteiger charge is 2.29. The summed E-state index contributed by atoms with van der Waals surface area (Å²) in [7, 11) is 0. The maximum absolute atomic E-state index is 5.77. The van der Waals surface area contributed by atoms with Crippen LogP contribution < -0.4 is 0 Å².